The van der Waals surface area contributed by atoms with Crippen molar-refractivity contribution in [2.45, 2.75) is 33.0 Å². The summed E-state index contributed by atoms with van der Waals surface area (Å²) in [7, 11) is 0. The van der Waals surface area contributed by atoms with Gasteiger partial charge in [-0.1, -0.05) is 6.92 Å². The second-order valence-corrected chi connectivity index (χ2v) is 4.18. The number of benzene rings is 1. The molecule has 0 radical (unpaired) electrons. The lowest BCUT2D eigenvalue weighted by molar-refractivity contribution is -0.0255. The van der Waals surface area contributed by atoms with Crippen LogP contribution in [0.4, 0.5) is 4.39 Å². The van der Waals surface area contributed by atoms with Crippen molar-refractivity contribution in [3.63, 3.8) is 0 Å². The van der Waals surface area contributed by atoms with E-state index in [-0.39, 0.29) is 0 Å². The van der Waals surface area contributed by atoms with E-state index < -0.39 is 5.85 Å². The molecule has 0 atom stereocenters. The van der Waals surface area contributed by atoms with Crippen LogP contribution < -0.4 is 4.74 Å². The molecular formula is C12H15FN2O. The molecule has 86 valence electrons. The van der Waals surface area contributed by atoms with Crippen LogP contribution in [0.5, 0.6) is 5.75 Å². The number of aromatic amines is 1. The summed E-state index contributed by atoms with van der Waals surface area (Å²) >= 11 is 0. The van der Waals surface area contributed by atoms with Crippen LogP contribution in [0.25, 0.3) is 11.0 Å². The predicted octanol–water partition coefficient (Wildman–Crippen LogP) is 3.21. The van der Waals surface area contributed by atoms with Gasteiger partial charge in [0.25, 0.3) is 0 Å². The molecule has 0 aliphatic carbocycles. The van der Waals surface area contributed by atoms with Gasteiger partial charge in [0.1, 0.15) is 11.6 Å². The van der Waals surface area contributed by atoms with Crippen LogP contribution >= 0.6 is 0 Å². The zero-order valence-corrected chi connectivity index (χ0v) is 9.67. The first-order chi connectivity index (χ1) is 7.48. The van der Waals surface area contributed by atoms with Crippen LogP contribution in [-0.4, -0.2) is 15.8 Å². The highest BCUT2D eigenvalue weighted by Gasteiger charge is 2.17. The minimum Gasteiger partial charge on any atom is -0.458 e. The lowest BCUT2D eigenvalue weighted by Crippen LogP contribution is -2.20. The summed E-state index contributed by atoms with van der Waals surface area (Å²) in [5.41, 5.74) is 1.75. The summed E-state index contributed by atoms with van der Waals surface area (Å²) < 4.78 is 18.4. The number of alkyl halides is 1. The smallest absolute Gasteiger partial charge is 0.242 e. The van der Waals surface area contributed by atoms with Gasteiger partial charge in [0.2, 0.25) is 5.85 Å². The van der Waals surface area contributed by atoms with E-state index in [0.717, 1.165) is 23.3 Å². The molecule has 0 aliphatic rings. The van der Waals surface area contributed by atoms with Gasteiger partial charge in [0.15, 0.2) is 0 Å². The Bertz CT molecular complexity index is 499. The maximum Gasteiger partial charge on any atom is 0.242 e. The maximum atomic E-state index is 13.3. The molecule has 0 unspecified atom stereocenters. The number of fused-ring (bicyclic) bond motifs is 1. The van der Waals surface area contributed by atoms with Crippen LogP contribution in [-0.2, 0) is 6.42 Å². The number of aryl methyl sites for hydroxylation is 1. The van der Waals surface area contributed by atoms with Gasteiger partial charge in [-0.25, -0.2) is 4.98 Å². The second-order valence-electron chi connectivity index (χ2n) is 4.18. The molecule has 0 bridgehead atoms. The van der Waals surface area contributed by atoms with Crippen molar-refractivity contribution in [1.82, 2.24) is 9.97 Å². The summed E-state index contributed by atoms with van der Waals surface area (Å²) in [4.78, 5) is 7.52. The highest BCUT2D eigenvalue weighted by molar-refractivity contribution is 5.76. The standard InChI is InChI=1S/C12H15FN2O/c1-4-11-14-9-6-5-8(7-10(9)15-11)16-12(2,3)13/h5-7H,4H2,1-3H3,(H,14,15). The highest BCUT2D eigenvalue weighted by Crippen LogP contribution is 2.23. The monoisotopic (exact) mass is 222 g/mol. The number of halogens is 1. The molecule has 3 nitrogen and oxygen atoms in total. The molecule has 1 N–H and O–H groups in total. The predicted molar refractivity (Wildman–Crippen MR) is 61.3 cm³/mol. The van der Waals surface area contributed by atoms with E-state index >= 15 is 0 Å². The maximum absolute atomic E-state index is 13.3. The molecule has 0 saturated carbocycles. The summed E-state index contributed by atoms with van der Waals surface area (Å²) in [5, 5.41) is 0. The number of hydrogen-bond acceptors (Lipinski definition) is 2. The number of H-pyrrole nitrogens is 1. The summed E-state index contributed by atoms with van der Waals surface area (Å²) in [6.45, 7) is 4.78. The molecule has 0 fully saturated rings. The third-order valence-electron chi connectivity index (χ3n) is 2.20. The Morgan fingerprint density at radius 3 is 2.81 bits per heavy atom. The fraction of sp³-hybridized carbons (Fsp3) is 0.417. The lowest BCUT2D eigenvalue weighted by atomic mass is 10.3. The van der Waals surface area contributed by atoms with Gasteiger partial charge in [-0.15, -0.1) is 0 Å². The Balaban J connectivity index is 2.36. The van der Waals surface area contributed by atoms with Crippen molar-refractivity contribution in [2.75, 3.05) is 0 Å². The van der Waals surface area contributed by atoms with Gasteiger partial charge in [-0.05, 0) is 12.1 Å². The van der Waals surface area contributed by atoms with Crippen molar-refractivity contribution >= 4 is 11.0 Å². The fourth-order valence-corrected chi connectivity index (χ4v) is 1.55. The van der Waals surface area contributed by atoms with Crippen LogP contribution in [0, 0.1) is 0 Å². The van der Waals surface area contributed by atoms with Crippen molar-refractivity contribution in [1.29, 1.82) is 0 Å². The molecular weight excluding hydrogens is 207 g/mol. The van der Waals surface area contributed by atoms with Gasteiger partial charge in [0.05, 0.1) is 11.0 Å². The Hall–Kier alpha value is -1.58. The van der Waals surface area contributed by atoms with Crippen molar-refractivity contribution in [2.24, 2.45) is 0 Å². The van der Waals surface area contributed by atoms with Crippen LogP contribution in [0.15, 0.2) is 18.2 Å². The number of aromatic nitrogens is 2. The number of imidazole rings is 1. The first-order valence-electron chi connectivity index (χ1n) is 5.34. The quantitative estimate of drug-likeness (QED) is 0.865. The molecule has 2 rings (SSSR count). The highest BCUT2D eigenvalue weighted by atomic mass is 19.2. The van der Waals surface area contributed by atoms with Crippen LogP contribution in [0.3, 0.4) is 0 Å². The first kappa shape index (κ1) is 10.9. The van der Waals surface area contributed by atoms with Gasteiger partial charge >= 0.3 is 0 Å². The van der Waals surface area contributed by atoms with Gasteiger partial charge in [-0.2, -0.15) is 4.39 Å². The molecule has 1 aromatic carbocycles. The van der Waals surface area contributed by atoms with E-state index in [4.69, 9.17) is 4.74 Å². The zero-order chi connectivity index (χ0) is 11.8. The van der Waals surface area contributed by atoms with Gasteiger partial charge < -0.3 is 9.72 Å². The van der Waals surface area contributed by atoms with E-state index in [2.05, 4.69) is 9.97 Å². The summed E-state index contributed by atoms with van der Waals surface area (Å²) in [6, 6.07) is 5.32. The van der Waals surface area contributed by atoms with Crippen molar-refractivity contribution < 1.29 is 9.13 Å². The molecule has 1 aromatic heterocycles. The summed E-state index contributed by atoms with van der Waals surface area (Å²) in [5.74, 6) is -0.237. The normalized spacial score (nSPS) is 12.0. The number of rotatable bonds is 3. The molecule has 0 aliphatic heterocycles. The first-order valence-corrected chi connectivity index (χ1v) is 5.34. The fourth-order valence-electron chi connectivity index (χ4n) is 1.55. The Morgan fingerprint density at radius 2 is 2.19 bits per heavy atom. The molecule has 2 aromatic rings. The van der Waals surface area contributed by atoms with Gasteiger partial charge in [0, 0.05) is 26.3 Å². The Labute approximate surface area is 93.6 Å². The third kappa shape index (κ3) is 2.32. The lowest BCUT2D eigenvalue weighted by Gasteiger charge is -2.16. The average Bonchev–Trinajstić information content (AvgIpc) is 2.57. The molecule has 1 heterocycles. The minimum absolute atomic E-state index is 0.506. The second kappa shape index (κ2) is 3.77. The molecule has 0 amide bonds. The van der Waals surface area contributed by atoms with E-state index in [1.165, 1.54) is 13.8 Å². The largest absolute Gasteiger partial charge is 0.458 e. The summed E-state index contributed by atoms with van der Waals surface area (Å²) in [6.07, 6.45) is 0.847. The molecule has 16 heavy (non-hydrogen) atoms. The zero-order valence-electron chi connectivity index (χ0n) is 9.67. The third-order valence-corrected chi connectivity index (χ3v) is 2.20. The number of ether oxygens (including phenoxy) is 1. The molecule has 0 spiro atoms. The Morgan fingerprint density at radius 1 is 1.44 bits per heavy atom. The molecule has 4 heteroatoms. The SMILES string of the molecule is CCc1nc2ccc(OC(C)(C)F)cc2[nH]1. The number of nitrogens with zero attached hydrogens (tertiary/aromatic N) is 1. The number of hydrogen-bond donors (Lipinski definition) is 1. The van der Waals surface area contributed by atoms with E-state index in [0.29, 0.717) is 5.75 Å². The van der Waals surface area contributed by atoms with Crippen LogP contribution in [0.1, 0.15) is 26.6 Å². The van der Waals surface area contributed by atoms with E-state index in [9.17, 15) is 4.39 Å². The average molecular weight is 222 g/mol. The van der Waals surface area contributed by atoms with Crippen LogP contribution in [0.2, 0.25) is 0 Å². The van der Waals surface area contributed by atoms with Gasteiger partial charge in [-0.3, -0.25) is 0 Å². The van der Waals surface area contributed by atoms with Crippen molar-refractivity contribution in [3.05, 3.63) is 24.0 Å². The molecule has 0 saturated heterocycles. The van der Waals surface area contributed by atoms with E-state index in [1.54, 1.807) is 12.1 Å². The topological polar surface area (TPSA) is 37.9 Å². The van der Waals surface area contributed by atoms with E-state index in [1.807, 2.05) is 13.0 Å². The Kier molecular flexibility index (Phi) is 2.58. The van der Waals surface area contributed by atoms with Crippen molar-refractivity contribution in [3.8, 4) is 5.75 Å². The number of nitrogens with one attached hydrogen (secondary N) is 1. The minimum atomic E-state index is -1.67.